The average molecular weight is 258 g/mol. The van der Waals surface area contributed by atoms with Crippen molar-refractivity contribution in [2.45, 2.75) is 19.3 Å². The second-order valence-corrected chi connectivity index (χ2v) is 4.27. The topological polar surface area (TPSA) is 113 Å². The van der Waals surface area contributed by atoms with Gasteiger partial charge in [-0.05, 0) is 12.5 Å². The third kappa shape index (κ3) is 2.78. The smallest absolute Gasteiger partial charge is 0.328 e. The van der Waals surface area contributed by atoms with E-state index in [9.17, 15) is 14.9 Å². The molecule has 0 radical (unpaired) electrons. The first kappa shape index (κ1) is 13.1. The van der Waals surface area contributed by atoms with E-state index < -0.39 is 16.8 Å². The van der Waals surface area contributed by atoms with Crippen LogP contribution in [0.4, 0.5) is 5.00 Å². The molecule has 0 saturated carbocycles. The molecule has 1 unspecified atom stereocenters. The zero-order chi connectivity index (χ0) is 13.0. The summed E-state index contributed by atoms with van der Waals surface area (Å²) in [6, 6.07) is 1.37. The lowest BCUT2D eigenvalue weighted by atomic mass is 9.98. The van der Waals surface area contributed by atoms with E-state index in [1.165, 1.54) is 6.07 Å². The molecule has 0 bridgehead atoms. The first-order valence-electron chi connectivity index (χ1n) is 4.69. The van der Waals surface area contributed by atoms with Crippen LogP contribution in [0.1, 0.15) is 29.7 Å². The van der Waals surface area contributed by atoms with Gasteiger partial charge in [0.1, 0.15) is 0 Å². The van der Waals surface area contributed by atoms with Crippen LogP contribution in [0.15, 0.2) is 11.2 Å². The minimum absolute atomic E-state index is 0.143. The predicted octanol–water partition coefficient (Wildman–Crippen LogP) is 2.04. The molecule has 1 aromatic heterocycles. The molecule has 7 nitrogen and oxygen atoms in total. The number of carboxylic acid groups (broad SMARTS) is 1. The lowest BCUT2D eigenvalue weighted by Gasteiger charge is -2.06. The maximum absolute atomic E-state index is 11.0. The number of carbonyl (C=O) groups is 1. The standard InChI is InChI=1S/C9H10N2O5S/c1-2-6(9(12)13)7-3-5(4-10-14)17-8(7)11(15)16/h3-4,6,14H,2H2,1H3,(H,12,13). The van der Waals surface area contributed by atoms with Gasteiger partial charge in [0, 0.05) is 0 Å². The molecule has 0 aliphatic heterocycles. The fraction of sp³-hybridized carbons (Fsp3) is 0.333. The number of nitro groups is 1. The molecule has 1 heterocycles. The van der Waals surface area contributed by atoms with Crippen molar-refractivity contribution in [3.63, 3.8) is 0 Å². The Hall–Kier alpha value is -1.96. The van der Waals surface area contributed by atoms with Crippen molar-refractivity contribution >= 4 is 28.5 Å². The molecule has 0 aliphatic carbocycles. The highest BCUT2D eigenvalue weighted by atomic mass is 32.1. The molecule has 0 saturated heterocycles. The SMILES string of the molecule is CCC(C(=O)O)c1cc(C=NO)sc1[N+](=O)[O-]. The molecule has 0 fully saturated rings. The molecule has 1 rings (SSSR count). The Morgan fingerprint density at radius 3 is 2.82 bits per heavy atom. The summed E-state index contributed by atoms with van der Waals surface area (Å²) in [5, 5.41) is 30.7. The van der Waals surface area contributed by atoms with Crippen LogP contribution in [0.2, 0.25) is 0 Å². The number of carboxylic acids is 1. The Kier molecular flexibility index (Phi) is 4.16. The molecule has 17 heavy (non-hydrogen) atoms. The maximum Gasteiger partial charge on any atom is 0.328 e. The minimum Gasteiger partial charge on any atom is -0.481 e. The van der Waals surface area contributed by atoms with Crippen molar-refractivity contribution < 1.29 is 20.0 Å². The van der Waals surface area contributed by atoms with Crippen LogP contribution in [-0.2, 0) is 4.79 Å². The van der Waals surface area contributed by atoms with E-state index in [1.807, 2.05) is 0 Å². The van der Waals surface area contributed by atoms with E-state index in [-0.39, 0.29) is 17.0 Å². The van der Waals surface area contributed by atoms with Gasteiger partial charge in [0.05, 0.1) is 27.5 Å². The summed E-state index contributed by atoms with van der Waals surface area (Å²) in [6.45, 7) is 1.64. The average Bonchev–Trinajstić information content (AvgIpc) is 2.63. The molecule has 0 amide bonds. The molecule has 0 aromatic carbocycles. The number of hydrogen-bond acceptors (Lipinski definition) is 6. The largest absolute Gasteiger partial charge is 0.481 e. The van der Waals surface area contributed by atoms with Crippen molar-refractivity contribution in [3.05, 3.63) is 26.6 Å². The van der Waals surface area contributed by atoms with E-state index >= 15 is 0 Å². The van der Waals surface area contributed by atoms with Crippen molar-refractivity contribution in [2.24, 2.45) is 5.16 Å². The lowest BCUT2D eigenvalue weighted by Crippen LogP contribution is -2.10. The van der Waals surface area contributed by atoms with Crippen molar-refractivity contribution in [1.82, 2.24) is 0 Å². The van der Waals surface area contributed by atoms with Gasteiger partial charge in [-0.3, -0.25) is 14.9 Å². The zero-order valence-electron chi connectivity index (χ0n) is 8.86. The monoisotopic (exact) mass is 258 g/mol. The molecule has 8 heteroatoms. The van der Waals surface area contributed by atoms with Gasteiger partial charge in [0.15, 0.2) is 0 Å². The molecule has 0 aliphatic rings. The summed E-state index contributed by atoms with van der Waals surface area (Å²) < 4.78 is 0. The summed E-state index contributed by atoms with van der Waals surface area (Å²) in [4.78, 5) is 21.5. The second kappa shape index (κ2) is 5.39. The van der Waals surface area contributed by atoms with Crippen LogP contribution in [0, 0.1) is 10.1 Å². The van der Waals surface area contributed by atoms with Crippen LogP contribution in [-0.4, -0.2) is 27.4 Å². The van der Waals surface area contributed by atoms with Crippen LogP contribution >= 0.6 is 11.3 Å². The van der Waals surface area contributed by atoms with E-state index in [1.54, 1.807) is 6.92 Å². The lowest BCUT2D eigenvalue weighted by molar-refractivity contribution is -0.381. The summed E-state index contributed by atoms with van der Waals surface area (Å²) in [7, 11) is 0. The summed E-state index contributed by atoms with van der Waals surface area (Å²) in [5.74, 6) is -2.03. The Morgan fingerprint density at radius 1 is 1.76 bits per heavy atom. The number of oxime groups is 1. The second-order valence-electron chi connectivity index (χ2n) is 3.21. The molecular weight excluding hydrogens is 248 g/mol. The van der Waals surface area contributed by atoms with Crippen LogP contribution in [0.3, 0.4) is 0 Å². The van der Waals surface area contributed by atoms with Gasteiger partial charge in [-0.1, -0.05) is 23.4 Å². The van der Waals surface area contributed by atoms with E-state index in [0.717, 1.165) is 17.6 Å². The number of thiophene rings is 1. The zero-order valence-corrected chi connectivity index (χ0v) is 9.68. The molecule has 0 spiro atoms. The molecular formula is C9H10N2O5S. The molecule has 1 atom stereocenters. The van der Waals surface area contributed by atoms with Crippen molar-refractivity contribution in [3.8, 4) is 0 Å². The quantitative estimate of drug-likeness (QED) is 0.363. The van der Waals surface area contributed by atoms with Gasteiger partial charge in [0.2, 0.25) is 0 Å². The molecule has 2 N–H and O–H groups in total. The van der Waals surface area contributed by atoms with E-state index in [4.69, 9.17) is 10.3 Å². The van der Waals surface area contributed by atoms with Gasteiger partial charge in [-0.2, -0.15) is 0 Å². The number of rotatable bonds is 5. The first-order chi connectivity index (χ1) is 8.01. The summed E-state index contributed by atoms with van der Waals surface area (Å²) in [6.07, 6.45) is 1.29. The van der Waals surface area contributed by atoms with Crippen LogP contribution in [0.5, 0.6) is 0 Å². The third-order valence-corrected chi connectivity index (χ3v) is 3.23. The number of nitrogens with zero attached hydrogens (tertiary/aromatic N) is 2. The van der Waals surface area contributed by atoms with E-state index in [2.05, 4.69) is 5.16 Å². The van der Waals surface area contributed by atoms with Crippen LogP contribution < -0.4 is 0 Å². The highest BCUT2D eigenvalue weighted by Gasteiger charge is 2.29. The van der Waals surface area contributed by atoms with Gasteiger partial charge in [-0.15, -0.1) is 0 Å². The Morgan fingerprint density at radius 2 is 2.41 bits per heavy atom. The molecule has 92 valence electrons. The number of aliphatic carboxylic acids is 1. The Bertz CT molecular complexity index is 468. The maximum atomic E-state index is 11.0. The Balaban J connectivity index is 3.28. The summed E-state index contributed by atoms with van der Waals surface area (Å²) in [5.41, 5.74) is 0.143. The summed E-state index contributed by atoms with van der Waals surface area (Å²) >= 11 is 0.782. The van der Waals surface area contributed by atoms with Crippen molar-refractivity contribution in [2.75, 3.05) is 0 Å². The first-order valence-corrected chi connectivity index (χ1v) is 5.51. The minimum atomic E-state index is -1.11. The van der Waals surface area contributed by atoms with E-state index in [0.29, 0.717) is 4.88 Å². The predicted molar refractivity (Wildman–Crippen MR) is 61.0 cm³/mol. The highest BCUT2D eigenvalue weighted by molar-refractivity contribution is 7.17. The number of hydrogen-bond donors (Lipinski definition) is 2. The fourth-order valence-corrected chi connectivity index (χ4v) is 2.36. The van der Waals surface area contributed by atoms with Gasteiger partial charge < -0.3 is 10.3 Å². The molecule has 1 aromatic rings. The van der Waals surface area contributed by atoms with Gasteiger partial charge >= 0.3 is 11.0 Å². The Labute approximate surface area is 100 Å². The van der Waals surface area contributed by atoms with Gasteiger partial charge in [0.25, 0.3) is 0 Å². The van der Waals surface area contributed by atoms with Crippen LogP contribution in [0.25, 0.3) is 0 Å². The van der Waals surface area contributed by atoms with Gasteiger partial charge in [-0.25, -0.2) is 0 Å². The third-order valence-electron chi connectivity index (χ3n) is 2.19. The van der Waals surface area contributed by atoms with Crippen molar-refractivity contribution in [1.29, 1.82) is 0 Å². The fourth-order valence-electron chi connectivity index (χ4n) is 1.46. The highest BCUT2D eigenvalue weighted by Crippen LogP contribution is 2.36. The normalized spacial score (nSPS) is 12.8.